The molecule has 1 aromatic heterocycles. The van der Waals surface area contributed by atoms with E-state index in [1.54, 1.807) is 0 Å². The van der Waals surface area contributed by atoms with Gasteiger partial charge in [0.2, 0.25) is 0 Å². The summed E-state index contributed by atoms with van der Waals surface area (Å²) in [7, 11) is 0. The van der Waals surface area contributed by atoms with Crippen LogP contribution in [-0.4, -0.2) is 15.4 Å². The van der Waals surface area contributed by atoms with Gasteiger partial charge >= 0.3 is 0 Å². The van der Waals surface area contributed by atoms with E-state index >= 15 is 0 Å². The van der Waals surface area contributed by atoms with E-state index in [2.05, 4.69) is 23.4 Å². The molecule has 1 unspecified atom stereocenters. The Morgan fingerprint density at radius 2 is 2.19 bits per heavy atom. The van der Waals surface area contributed by atoms with Crippen LogP contribution in [0.15, 0.2) is 18.2 Å². The molecule has 1 atom stereocenters. The topological polar surface area (TPSA) is 17.8 Å². The monoisotopic (exact) mass is 308 g/mol. The second-order valence-corrected chi connectivity index (χ2v) is 7.10. The molecule has 3 rings (SSSR count). The number of fused-ring (bicyclic) bond motifs is 1. The molecule has 4 heteroatoms. The van der Waals surface area contributed by atoms with Gasteiger partial charge in [-0.1, -0.05) is 26.7 Å². The fourth-order valence-corrected chi connectivity index (χ4v) is 3.85. The molecule has 2 aromatic rings. The highest BCUT2D eigenvalue weighted by atomic mass is 35.5. The van der Waals surface area contributed by atoms with Gasteiger partial charge in [0.1, 0.15) is 11.6 Å². The number of hydrogen-bond acceptors (Lipinski definition) is 1. The molecule has 0 spiro atoms. The fraction of sp³-hybridized carbons (Fsp3) is 0.588. The van der Waals surface area contributed by atoms with Crippen molar-refractivity contribution in [2.45, 2.75) is 52.0 Å². The maximum absolute atomic E-state index is 13.5. The summed E-state index contributed by atoms with van der Waals surface area (Å²) >= 11 is 5.95. The number of halogens is 2. The number of hydrogen-bond donors (Lipinski definition) is 0. The van der Waals surface area contributed by atoms with Crippen LogP contribution in [0.4, 0.5) is 4.39 Å². The maximum Gasteiger partial charge on any atom is 0.125 e. The van der Waals surface area contributed by atoms with Crippen molar-refractivity contribution in [3.05, 3.63) is 29.8 Å². The molecular formula is C17H22ClFN2. The molecule has 1 aliphatic rings. The quantitative estimate of drug-likeness (QED) is 0.721. The molecule has 114 valence electrons. The lowest BCUT2D eigenvalue weighted by molar-refractivity contribution is 0.145. The first-order chi connectivity index (χ1) is 10.0. The predicted octanol–water partition coefficient (Wildman–Crippen LogP) is 5.10. The summed E-state index contributed by atoms with van der Waals surface area (Å²) in [5.74, 6) is 1.30. The largest absolute Gasteiger partial charge is 0.324 e. The predicted molar refractivity (Wildman–Crippen MR) is 85.4 cm³/mol. The van der Waals surface area contributed by atoms with Gasteiger partial charge in [-0.3, -0.25) is 0 Å². The van der Waals surface area contributed by atoms with E-state index in [0.717, 1.165) is 29.7 Å². The van der Waals surface area contributed by atoms with E-state index in [0.29, 0.717) is 11.9 Å². The molecule has 1 aliphatic carbocycles. The van der Waals surface area contributed by atoms with Crippen LogP contribution in [0, 0.1) is 11.2 Å². The summed E-state index contributed by atoms with van der Waals surface area (Å²) in [6.07, 6.45) is 5.64. The summed E-state index contributed by atoms with van der Waals surface area (Å²) in [6.45, 7) is 4.66. The van der Waals surface area contributed by atoms with Crippen molar-refractivity contribution in [1.82, 2.24) is 9.55 Å². The van der Waals surface area contributed by atoms with Gasteiger partial charge < -0.3 is 4.57 Å². The van der Waals surface area contributed by atoms with Gasteiger partial charge in [-0.15, -0.1) is 11.6 Å². The Labute approximate surface area is 130 Å². The average molecular weight is 309 g/mol. The summed E-state index contributed by atoms with van der Waals surface area (Å²) in [5.41, 5.74) is 2.02. The van der Waals surface area contributed by atoms with E-state index in [9.17, 15) is 4.39 Å². The number of aryl methyl sites for hydroxylation is 1. The molecule has 0 aliphatic heterocycles. The molecule has 21 heavy (non-hydrogen) atoms. The highest BCUT2D eigenvalue weighted by Gasteiger charge is 2.35. The molecule has 0 bridgehead atoms. The minimum absolute atomic E-state index is 0.229. The van der Waals surface area contributed by atoms with Crippen LogP contribution < -0.4 is 0 Å². The minimum atomic E-state index is -0.229. The Balaban J connectivity index is 2.16. The van der Waals surface area contributed by atoms with Crippen molar-refractivity contribution in [3.8, 4) is 0 Å². The zero-order valence-corrected chi connectivity index (χ0v) is 13.5. The van der Waals surface area contributed by atoms with Gasteiger partial charge in [-0.05, 0) is 30.4 Å². The number of alkyl halides is 1. The number of imidazole rings is 1. The summed E-state index contributed by atoms with van der Waals surface area (Å²) in [4.78, 5) is 4.64. The SMILES string of the molecule is CC1(C)CCCCC1n1c(CCCl)nc2cc(F)ccc21. The first-order valence-corrected chi connectivity index (χ1v) is 8.29. The second kappa shape index (κ2) is 5.60. The van der Waals surface area contributed by atoms with Crippen LogP contribution >= 0.6 is 11.6 Å². The molecule has 1 fully saturated rings. The first-order valence-electron chi connectivity index (χ1n) is 7.75. The van der Waals surface area contributed by atoms with E-state index < -0.39 is 0 Å². The van der Waals surface area contributed by atoms with E-state index in [-0.39, 0.29) is 11.2 Å². The van der Waals surface area contributed by atoms with Crippen molar-refractivity contribution in [2.24, 2.45) is 5.41 Å². The average Bonchev–Trinajstić information content (AvgIpc) is 2.76. The third-order valence-electron chi connectivity index (χ3n) is 4.81. The second-order valence-electron chi connectivity index (χ2n) is 6.72. The van der Waals surface area contributed by atoms with Gasteiger partial charge in [0.25, 0.3) is 0 Å². The maximum atomic E-state index is 13.5. The van der Waals surface area contributed by atoms with Gasteiger partial charge in [0.15, 0.2) is 0 Å². The van der Waals surface area contributed by atoms with Crippen LogP contribution in [0.5, 0.6) is 0 Å². The van der Waals surface area contributed by atoms with Crippen molar-refractivity contribution < 1.29 is 4.39 Å². The van der Waals surface area contributed by atoms with Crippen molar-refractivity contribution in [2.75, 3.05) is 5.88 Å². The minimum Gasteiger partial charge on any atom is -0.324 e. The molecule has 1 aromatic carbocycles. The van der Waals surface area contributed by atoms with Gasteiger partial charge in [0.05, 0.1) is 11.0 Å². The number of aromatic nitrogens is 2. The molecule has 2 nitrogen and oxygen atoms in total. The van der Waals surface area contributed by atoms with Crippen LogP contribution in [0.3, 0.4) is 0 Å². The molecule has 0 saturated heterocycles. The number of rotatable bonds is 3. The Morgan fingerprint density at radius 1 is 1.38 bits per heavy atom. The lowest BCUT2D eigenvalue weighted by Crippen LogP contribution is -2.31. The van der Waals surface area contributed by atoms with Crippen LogP contribution in [-0.2, 0) is 6.42 Å². The standard InChI is InChI=1S/C17H22ClFN2/c1-17(2)9-4-3-5-15(17)21-14-7-6-12(19)11-13(14)20-16(21)8-10-18/h6-7,11,15H,3-5,8-10H2,1-2H3. The van der Waals surface area contributed by atoms with Gasteiger partial charge in [-0.25, -0.2) is 9.37 Å². The number of nitrogens with zero attached hydrogens (tertiary/aromatic N) is 2. The molecule has 0 radical (unpaired) electrons. The third kappa shape index (κ3) is 2.68. The first kappa shape index (κ1) is 14.8. The highest BCUT2D eigenvalue weighted by Crippen LogP contribution is 2.45. The van der Waals surface area contributed by atoms with Crippen molar-refractivity contribution in [3.63, 3.8) is 0 Å². The Bertz CT molecular complexity index is 648. The summed E-state index contributed by atoms with van der Waals surface area (Å²) < 4.78 is 15.8. The van der Waals surface area contributed by atoms with Gasteiger partial charge in [0, 0.05) is 24.4 Å². The Hall–Kier alpha value is -1.09. The smallest absolute Gasteiger partial charge is 0.125 e. The van der Waals surface area contributed by atoms with Crippen LogP contribution in [0.1, 0.15) is 51.4 Å². The van der Waals surface area contributed by atoms with Gasteiger partial charge in [-0.2, -0.15) is 0 Å². The molecule has 0 amide bonds. The van der Waals surface area contributed by atoms with E-state index in [1.165, 1.54) is 31.4 Å². The molecule has 1 saturated carbocycles. The highest BCUT2D eigenvalue weighted by molar-refractivity contribution is 6.17. The summed E-state index contributed by atoms with van der Waals surface area (Å²) in [5, 5.41) is 0. The summed E-state index contributed by atoms with van der Waals surface area (Å²) in [6, 6.07) is 5.33. The zero-order valence-electron chi connectivity index (χ0n) is 12.7. The fourth-order valence-electron chi connectivity index (χ4n) is 3.68. The van der Waals surface area contributed by atoms with E-state index in [4.69, 9.17) is 11.6 Å². The zero-order chi connectivity index (χ0) is 15.0. The Kier molecular flexibility index (Phi) is 3.96. The lowest BCUT2D eigenvalue weighted by Gasteiger charge is -2.40. The van der Waals surface area contributed by atoms with Crippen molar-refractivity contribution in [1.29, 1.82) is 0 Å². The van der Waals surface area contributed by atoms with Crippen molar-refractivity contribution >= 4 is 22.6 Å². The molecule has 0 N–H and O–H groups in total. The Morgan fingerprint density at radius 3 is 2.90 bits per heavy atom. The molecule has 1 heterocycles. The van der Waals surface area contributed by atoms with Crippen LogP contribution in [0.2, 0.25) is 0 Å². The van der Waals surface area contributed by atoms with E-state index in [1.807, 2.05) is 6.07 Å². The van der Waals surface area contributed by atoms with Crippen LogP contribution in [0.25, 0.3) is 11.0 Å². The molecular weight excluding hydrogens is 287 g/mol. The third-order valence-corrected chi connectivity index (χ3v) is 4.99. The number of benzene rings is 1. The normalized spacial score (nSPS) is 21.8. The lowest BCUT2D eigenvalue weighted by atomic mass is 9.73.